The Morgan fingerprint density at radius 2 is 1.93 bits per heavy atom. The molecule has 4 heterocycles. The Kier molecular flexibility index (Phi) is 5.04. The van der Waals surface area contributed by atoms with Gasteiger partial charge in [-0.05, 0) is 37.7 Å². The van der Waals surface area contributed by atoms with E-state index < -0.39 is 0 Å². The smallest absolute Gasteiger partial charge is 0.147 e. The molecule has 0 spiro atoms. The minimum absolute atomic E-state index is 0.170. The Bertz CT molecular complexity index is 1020. The Labute approximate surface area is 170 Å². The van der Waals surface area contributed by atoms with E-state index in [0.29, 0.717) is 18.4 Å². The number of aromatic nitrogens is 3. The molecule has 28 heavy (non-hydrogen) atoms. The molecule has 3 aromatic heterocycles. The number of fused-ring (bicyclic) bond motifs is 5. The summed E-state index contributed by atoms with van der Waals surface area (Å²) in [5.41, 5.74) is 4.69. The van der Waals surface area contributed by atoms with Crippen LogP contribution in [-0.2, 0) is 24.2 Å². The number of ether oxygens (including phenoxy) is 1. The summed E-state index contributed by atoms with van der Waals surface area (Å²) >= 11 is 1.71. The lowest BCUT2D eigenvalue weighted by atomic mass is 9.88. The van der Waals surface area contributed by atoms with Gasteiger partial charge in [-0.1, -0.05) is 27.7 Å². The number of nitrogens with zero attached hydrogens (tertiary/aromatic N) is 3. The van der Waals surface area contributed by atoms with Crippen LogP contribution in [0.4, 0.5) is 5.82 Å². The molecule has 4 rings (SSSR count). The van der Waals surface area contributed by atoms with Gasteiger partial charge in [0.05, 0.1) is 22.4 Å². The summed E-state index contributed by atoms with van der Waals surface area (Å²) in [5, 5.41) is 4.70. The third-order valence-electron chi connectivity index (χ3n) is 5.19. The topological polar surface area (TPSA) is 59.9 Å². The van der Waals surface area contributed by atoms with Crippen molar-refractivity contribution in [2.75, 3.05) is 11.9 Å². The lowest BCUT2D eigenvalue weighted by Crippen LogP contribution is -2.33. The highest BCUT2D eigenvalue weighted by atomic mass is 32.1. The average molecular weight is 399 g/mol. The predicted molar refractivity (Wildman–Crippen MR) is 117 cm³/mol. The molecule has 5 nitrogen and oxygen atoms in total. The maximum absolute atomic E-state index is 6.16. The summed E-state index contributed by atoms with van der Waals surface area (Å²) in [7, 11) is 0. The van der Waals surface area contributed by atoms with Crippen LogP contribution in [0.15, 0.2) is 6.33 Å². The maximum Gasteiger partial charge on any atom is 0.147 e. The second-order valence-corrected chi connectivity index (χ2v) is 10.3. The molecule has 0 aliphatic carbocycles. The van der Waals surface area contributed by atoms with E-state index in [1.165, 1.54) is 22.2 Å². The molecule has 0 aromatic carbocycles. The second-order valence-electron chi connectivity index (χ2n) is 9.30. The van der Waals surface area contributed by atoms with Crippen molar-refractivity contribution in [1.29, 1.82) is 0 Å². The van der Waals surface area contributed by atoms with Gasteiger partial charge in [0.2, 0.25) is 0 Å². The second kappa shape index (κ2) is 7.23. The number of rotatable bonds is 5. The molecule has 0 saturated heterocycles. The first-order valence-electron chi connectivity index (χ1n) is 10.2. The summed E-state index contributed by atoms with van der Waals surface area (Å²) in [6, 6.07) is 0. The average Bonchev–Trinajstić information content (AvgIpc) is 2.97. The summed E-state index contributed by atoms with van der Waals surface area (Å²) in [6.07, 6.45) is 3.54. The number of pyridine rings is 1. The predicted octanol–water partition coefficient (Wildman–Crippen LogP) is 5.36. The van der Waals surface area contributed by atoms with Crippen molar-refractivity contribution in [3.8, 4) is 0 Å². The summed E-state index contributed by atoms with van der Waals surface area (Å²) < 4.78 is 7.27. The van der Waals surface area contributed by atoms with Gasteiger partial charge in [-0.15, -0.1) is 11.3 Å². The minimum atomic E-state index is -0.170. The largest absolute Gasteiger partial charge is 0.370 e. The van der Waals surface area contributed by atoms with Crippen molar-refractivity contribution in [3.63, 3.8) is 0 Å². The van der Waals surface area contributed by atoms with Crippen LogP contribution in [0, 0.1) is 11.8 Å². The van der Waals surface area contributed by atoms with E-state index >= 15 is 0 Å². The minimum Gasteiger partial charge on any atom is -0.370 e. The number of hydrogen-bond acceptors (Lipinski definition) is 6. The SMILES string of the molecule is CC(C)CNc1ncnc2c1sc1nc(CC(C)C)c3c(c12)CC(C)(C)OC3. The fourth-order valence-corrected chi connectivity index (χ4v) is 5.00. The van der Waals surface area contributed by atoms with Crippen LogP contribution in [0.3, 0.4) is 0 Å². The standard InChI is InChI=1S/C22H30N4OS/c1-12(2)7-16-15-10-27-22(5,6)8-14(15)17-18-19(28-21(17)26-16)20(25-11-24-18)23-9-13(3)4/h11-13H,7-10H2,1-6H3,(H,23,24,25). The Morgan fingerprint density at radius 3 is 2.64 bits per heavy atom. The van der Waals surface area contributed by atoms with Gasteiger partial charge in [-0.25, -0.2) is 15.0 Å². The van der Waals surface area contributed by atoms with Gasteiger partial charge >= 0.3 is 0 Å². The molecule has 0 bridgehead atoms. The first-order valence-corrected chi connectivity index (χ1v) is 11.0. The number of hydrogen-bond donors (Lipinski definition) is 1. The van der Waals surface area contributed by atoms with E-state index in [-0.39, 0.29) is 5.60 Å². The maximum atomic E-state index is 6.16. The molecule has 6 heteroatoms. The Hall–Kier alpha value is -1.79. The van der Waals surface area contributed by atoms with Crippen molar-refractivity contribution >= 4 is 37.6 Å². The van der Waals surface area contributed by atoms with E-state index in [0.717, 1.165) is 40.3 Å². The Morgan fingerprint density at radius 1 is 1.14 bits per heavy atom. The van der Waals surface area contributed by atoms with Gasteiger partial charge in [-0.2, -0.15) is 0 Å². The third-order valence-corrected chi connectivity index (χ3v) is 6.27. The number of nitrogens with one attached hydrogen (secondary N) is 1. The van der Waals surface area contributed by atoms with Crippen LogP contribution >= 0.6 is 11.3 Å². The van der Waals surface area contributed by atoms with Crippen LogP contribution in [0.2, 0.25) is 0 Å². The molecular weight excluding hydrogens is 368 g/mol. The van der Waals surface area contributed by atoms with Crippen molar-refractivity contribution in [2.24, 2.45) is 11.8 Å². The molecule has 0 amide bonds. The van der Waals surface area contributed by atoms with Gasteiger partial charge in [0.1, 0.15) is 17.0 Å². The quantitative estimate of drug-likeness (QED) is 0.627. The van der Waals surface area contributed by atoms with Crippen LogP contribution in [0.5, 0.6) is 0 Å². The molecule has 0 atom stereocenters. The van der Waals surface area contributed by atoms with Gasteiger partial charge < -0.3 is 10.1 Å². The lowest BCUT2D eigenvalue weighted by Gasteiger charge is -2.33. The zero-order chi connectivity index (χ0) is 20.1. The first kappa shape index (κ1) is 19.5. The van der Waals surface area contributed by atoms with Gasteiger partial charge in [0.15, 0.2) is 0 Å². The normalized spacial score (nSPS) is 16.3. The van der Waals surface area contributed by atoms with Gasteiger partial charge in [0, 0.05) is 29.6 Å². The molecule has 0 unspecified atom stereocenters. The van der Waals surface area contributed by atoms with Crippen molar-refractivity contribution in [2.45, 2.75) is 66.6 Å². The van der Waals surface area contributed by atoms with E-state index in [9.17, 15) is 0 Å². The molecule has 1 aliphatic rings. The highest BCUT2D eigenvalue weighted by molar-refractivity contribution is 7.26. The van der Waals surface area contributed by atoms with Crippen molar-refractivity contribution < 1.29 is 4.74 Å². The zero-order valence-corrected chi connectivity index (χ0v) is 18.5. The van der Waals surface area contributed by atoms with E-state index in [1.54, 1.807) is 17.7 Å². The Balaban J connectivity index is 1.95. The third kappa shape index (κ3) is 3.60. The van der Waals surface area contributed by atoms with Crippen LogP contribution in [0.1, 0.15) is 58.4 Å². The van der Waals surface area contributed by atoms with Crippen molar-refractivity contribution in [1.82, 2.24) is 15.0 Å². The summed E-state index contributed by atoms with van der Waals surface area (Å²) in [6.45, 7) is 14.8. The molecule has 1 aliphatic heterocycles. The first-order chi connectivity index (χ1) is 13.2. The molecule has 0 fully saturated rings. The monoisotopic (exact) mass is 398 g/mol. The van der Waals surface area contributed by atoms with E-state index in [1.807, 2.05) is 0 Å². The molecule has 0 saturated carbocycles. The number of anilines is 1. The fraction of sp³-hybridized carbons (Fsp3) is 0.591. The van der Waals surface area contributed by atoms with E-state index in [4.69, 9.17) is 9.72 Å². The van der Waals surface area contributed by atoms with Crippen LogP contribution in [0.25, 0.3) is 20.4 Å². The van der Waals surface area contributed by atoms with E-state index in [2.05, 4.69) is 56.8 Å². The molecule has 1 N–H and O–H groups in total. The number of thiophene rings is 1. The van der Waals surface area contributed by atoms with Crippen LogP contribution < -0.4 is 5.32 Å². The molecule has 3 aromatic rings. The summed E-state index contributed by atoms with van der Waals surface area (Å²) in [5.74, 6) is 2.04. The zero-order valence-electron chi connectivity index (χ0n) is 17.7. The molecule has 0 radical (unpaired) electrons. The van der Waals surface area contributed by atoms with Gasteiger partial charge in [0.25, 0.3) is 0 Å². The van der Waals surface area contributed by atoms with Gasteiger partial charge in [-0.3, -0.25) is 0 Å². The molecule has 150 valence electrons. The fourth-order valence-electron chi connectivity index (χ4n) is 3.86. The highest BCUT2D eigenvalue weighted by Gasteiger charge is 2.31. The highest BCUT2D eigenvalue weighted by Crippen LogP contribution is 2.42. The lowest BCUT2D eigenvalue weighted by molar-refractivity contribution is -0.0402. The summed E-state index contributed by atoms with van der Waals surface area (Å²) in [4.78, 5) is 15.4. The van der Waals surface area contributed by atoms with Crippen LogP contribution in [-0.4, -0.2) is 27.1 Å². The van der Waals surface area contributed by atoms with Crippen molar-refractivity contribution in [3.05, 3.63) is 23.1 Å². The molecular formula is C22H30N4OS.